The largest absolute Gasteiger partial charge is 0.490 e. The van der Waals surface area contributed by atoms with Crippen LogP contribution in [0.3, 0.4) is 0 Å². The molecule has 0 atom stereocenters. The molecule has 2 amide bonds. The molecule has 1 aliphatic heterocycles. The number of nitrogens with one attached hydrogen (secondary N) is 2. The molecular weight excluding hydrogens is 402 g/mol. The van der Waals surface area contributed by atoms with Crippen molar-refractivity contribution < 1.29 is 17.9 Å². The first-order valence-electron chi connectivity index (χ1n) is 11.0. The third kappa shape index (κ3) is 6.11. The Balaban J connectivity index is 1.45. The molecule has 0 radical (unpaired) electrons. The van der Waals surface area contributed by atoms with Crippen LogP contribution < -0.4 is 14.8 Å². The fourth-order valence-corrected chi connectivity index (χ4v) is 4.82. The summed E-state index contributed by atoms with van der Waals surface area (Å²) < 4.78 is 32.6. The van der Waals surface area contributed by atoms with E-state index >= 15 is 0 Å². The lowest BCUT2D eigenvalue weighted by Crippen LogP contribution is -2.50. The van der Waals surface area contributed by atoms with Crippen molar-refractivity contribution in [1.82, 2.24) is 9.62 Å². The van der Waals surface area contributed by atoms with E-state index in [-0.39, 0.29) is 12.1 Å². The van der Waals surface area contributed by atoms with Crippen LogP contribution in [0, 0.1) is 0 Å². The average Bonchev–Trinajstić information content (AvgIpc) is 2.70. The number of piperidine rings is 1. The predicted molar refractivity (Wildman–Crippen MR) is 119 cm³/mol. The maximum Gasteiger partial charge on any atom is 0.321 e. The Hall–Kier alpha value is -1.80. The Kier molecular flexibility index (Phi) is 7.29. The third-order valence-electron chi connectivity index (χ3n) is 5.87. The molecular formula is C22H35N3O4S. The first kappa shape index (κ1) is 22.9. The Morgan fingerprint density at radius 1 is 1.00 bits per heavy atom. The first-order chi connectivity index (χ1) is 14.1. The Morgan fingerprint density at radius 2 is 1.60 bits per heavy atom. The monoisotopic (exact) mass is 437 g/mol. The van der Waals surface area contributed by atoms with Crippen LogP contribution in [0.25, 0.3) is 0 Å². The van der Waals surface area contributed by atoms with Crippen LogP contribution >= 0.6 is 0 Å². The van der Waals surface area contributed by atoms with E-state index < -0.39 is 14.8 Å². The molecule has 0 bridgehead atoms. The van der Waals surface area contributed by atoms with E-state index in [2.05, 4.69) is 10.0 Å². The number of carbonyl (C=O) groups is 1. The molecule has 1 saturated heterocycles. The van der Waals surface area contributed by atoms with Crippen LogP contribution in [-0.2, 0) is 10.0 Å². The topological polar surface area (TPSA) is 87.7 Å². The highest BCUT2D eigenvalue weighted by Crippen LogP contribution is 2.25. The van der Waals surface area contributed by atoms with Crippen molar-refractivity contribution in [3.05, 3.63) is 24.3 Å². The van der Waals surface area contributed by atoms with Gasteiger partial charge in [0.25, 0.3) is 0 Å². The van der Waals surface area contributed by atoms with Crippen LogP contribution in [0.1, 0.15) is 65.7 Å². The number of hydrogen-bond acceptors (Lipinski definition) is 4. The molecule has 0 aromatic heterocycles. The highest BCUT2D eigenvalue weighted by Gasteiger charge is 2.33. The second-order valence-corrected chi connectivity index (χ2v) is 11.8. The van der Waals surface area contributed by atoms with Crippen molar-refractivity contribution in [3.8, 4) is 5.75 Å². The van der Waals surface area contributed by atoms with Gasteiger partial charge in [-0.1, -0.05) is 6.42 Å². The Morgan fingerprint density at radius 3 is 2.17 bits per heavy atom. The summed E-state index contributed by atoms with van der Waals surface area (Å²) in [7, 11) is -3.38. The Bertz CT molecular complexity index is 804. The van der Waals surface area contributed by atoms with Crippen LogP contribution in [-0.4, -0.2) is 49.3 Å². The van der Waals surface area contributed by atoms with Crippen LogP contribution in [0.15, 0.2) is 24.3 Å². The summed E-state index contributed by atoms with van der Waals surface area (Å²) in [6.07, 6.45) is 7.50. The standard InChI is InChI=1S/C22H35N3O4S/c1-22(2,3)30(27,28)24-18-13-15-25(16-14-18)21(26)23-17-9-11-20(12-10-17)29-19-7-5-4-6-8-19/h9-12,18-19,24H,4-8,13-16H2,1-3H3,(H,23,26). The summed E-state index contributed by atoms with van der Waals surface area (Å²) in [5, 5.41) is 2.92. The van der Waals surface area contributed by atoms with Gasteiger partial charge in [-0.15, -0.1) is 0 Å². The summed E-state index contributed by atoms with van der Waals surface area (Å²) in [5.74, 6) is 0.840. The molecule has 30 heavy (non-hydrogen) atoms. The first-order valence-corrected chi connectivity index (χ1v) is 12.5. The molecule has 7 nitrogen and oxygen atoms in total. The van der Waals surface area contributed by atoms with Gasteiger partial charge in [0.05, 0.1) is 10.9 Å². The lowest BCUT2D eigenvalue weighted by molar-refractivity contribution is 0.155. The summed E-state index contributed by atoms with van der Waals surface area (Å²) in [6, 6.07) is 7.23. The van der Waals surface area contributed by atoms with Crippen molar-refractivity contribution in [2.45, 2.75) is 82.6 Å². The SMILES string of the molecule is CC(C)(C)S(=O)(=O)NC1CCN(C(=O)Nc2ccc(OC3CCCCC3)cc2)CC1. The highest BCUT2D eigenvalue weighted by atomic mass is 32.2. The average molecular weight is 438 g/mol. The van der Waals surface area contributed by atoms with Crippen LogP contribution in [0.4, 0.5) is 10.5 Å². The van der Waals surface area contributed by atoms with Gasteiger partial charge in [0.1, 0.15) is 5.75 Å². The number of urea groups is 1. The van der Waals surface area contributed by atoms with Gasteiger partial charge in [-0.05, 0) is 83.6 Å². The lowest BCUT2D eigenvalue weighted by Gasteiger charge is -2.33. The van der Waals surface area contributed by atoms with Gasteiger partial charge >= 0.3 is 6.03 Å². The zero-order chi connectivity index (χ0) is 21.8. The van der Waals surface area contributed by atoms with E-state index in [9.17, 15) is 13.2 Å². The smallest absolute Gasteiger partial charge is 0.321 e. The number of sulfonamides is 1. The molecule has 2 fully saturated rings. The van der Waals surface area contributed by atoms with Crippen LogP contribution in [0.5, 0.6) is 5.75 Å². The highest BCUT2D eigenvalue weighted by molar-refractivity contribution is 7.90. The molecule has 1 aliphatic carbocycles. The fourth-order valence-electron chi connectivity index (χ4n) is 3.79. The second kappa shape index (κ2) is 9.56. The van der Waals surface area contributed by atoms with E-state index in [1.807, 2.05) is 24.3 Å². The molecule has 1 aromatic rings. The number of nitrogens with zero attached hydrogens (tertiary/aromatic N) is 1. The normalized spacial score (nSPS) is 19.5. The molecule has 1 heterocycles. The lowest BCUT2D eigenvalue weighted by atomic mass is 9.98. The summed E-state index contributed by atoms with van der Waals surface area (Å²) >= 11 is 0. The number of carbonyl (C=O) groups excluding carboxylic acids is 1. The van der Waals surface area contributed by atoms with E-state index in [4.69, 9.17) is 4.74 Å². The van der Waals surface area contributed by atoms with E-state index in [1.165, 1.54) is 19.3 Å². The van der Waals surface area contributed by atoms with Crippen molar-refractivity contribution in [2.24, 2.45) is 0 Å². The second-order valence-electron chi connectivity index (χ2n) is 9.33. The minimum absolute atomic E-state index is 0.130. The zero-order valence-corrected chi connectivity index (χ0v) is 19.1. The molecule has 1 saturated carbocycles. The number of anilines is 1. The molecule has 0 unspecified atom stereocenters. The quantitative estimate of drug-likeness (QED) is 0.726. The van der Waals surface area contributed by atoms with E-state index in [0.717, 1.165) is 24.3 Å². The Labute approximate surface area is 180 Å². The summed E-state index contributed by atoms with van der Waals surface area (Å²) in [5.41, 5.74) is 0.728. The minimum Gasteiger partial charge on any atom is -0.490 e. The summed E-state index contributed by atoms with van der Waals surface area (Å²) in [4.78, 5) is 14.3. The number of amides is 2. The molecule has 1 aromatic carbocycles. The molecule has 8 heteroatoms. The molecule has 0 spiro atoms. The molecule has 3 rings (SSSR count). The van der Waals surface area contributed by atoms with Crippen LogP contribution in [0.2, 0.25) is 0 Å². The van der Waals surface area contributed by atoms with Gasteiger partial charge in [0, 0.05) is 24.8 Å². The van der Waals surface area contributed by atoms with Crippen molar-refractivity contribution in [1.29, 1.82) is 0 Å². The third-order valence-corrected chi connectivity index (χ3v) is 8.13. The maximum atomic E-state index is 12.6. The fraction of sp³-hybridized carbons (Fsp3) is 0.682. The van der Waals surface area contributed by atoms with Crippen molar-refractivity contribution in [3.63, 3.8) is 0 Å². The van der Waals surface area contributed by atoms with Gasteiger partial charge in [-0.25, -0.2) is 17.9 Å². The molecule has 168 valence electrons. The van der Waals surface area contributed by atoms with Crippen molar-refractivity contribution >= 4 is 21.7 Å². The van der Waals surface area contributed by atoms with Crippen molar-refractivity contribution in [2.75, 3.05) is 18.4 Å². The van der Waals surface area contributed by atoms with E-state index in [0.29, 0.717) is 32.0 Å². The number of hydrogen-bond donors (Lipinski definition) is 2. The van der Waals surface area contributed by atoms with Gasteiger partial charge in [-0.2, -0.15) is 0 Å². The molecule has 2 aliphatic rings. The number of likely N-dealkylation sites (tertiary alicyclic amines) is 1. The zero-order valence-electron chi connectivity index (χ0n) is 18.3. The number of benzene rings is 1. The summed E-state index contributed by atoms with van der Waals surface area (Å²) in [6.45, 7) is 6.09. The van der Waals surface area contributed by atoms with Gasteiger partial charge in [-0.3, -0.25) is 0 Å². The predicted octanol–water partition coefficient (Wildman–Crippen LogP) is 4.11. The number of rotatable bonds is 5. The van der Waals surface area contributed by atoms with E-state index in [1.54, 1.807) is 25.7 Å². The molecule has 2 N–H and O–H groups in total. The maximum absolute atomic E-state index is 12.6. The van der Waals surface area contributed by atoms with Gasteiger partial charge in [0.15, 0.2) is 0 Å². The van der Waals surface area contributed by atoms with Gasteiger partial charge < -0.3 is 15.0 Å². The van der Waals surface area contributed by atoms with Gasteiger partial charge in [0.2, 0.25) is 10.0 Å². The number of ether oxygens (including phenoxy) is 1. The minimum atomic E-state index is -3.38.